The zero-order valence-electron chi connectivity index (χ0n) is 40.6. The van der Waals surface area contributed by atoms with Crippen LogP contribution in [0, 0.1) is 26.8 Å². The van der Waals surface area contributed by atoms with Gasteiger partial charge in [-0.25, -0.2) is 4.98 Å². The van der Waals surface area contributed by atoms with Crippen molar-refractivity contribution in [2.45, 2.75) is 60.2 Å². The van der Waals surface area contributed by atoms with Gasteiger partial charge in [0.15, 0.2) is 0 Å². The number of para-hydroxylation sites is 1. The van der Waals surface area contributed by atoms with E-state index in [1.165, 1.54) is 0 Å². The van der Waals surface area contributed by atoms with Crippen LogP contribution < -0.4 is 0 Å². The number of phenols is 1. The first-order valence-electron chi connectivity index (χ1n) is 23.1. The largest absolute Gasteiger partial charge is 0.507 e. The van der Waals surface area contributed by atoms with Crippen molar-refractivity contribution < 1.29 is 33.0 Å². The fourth-order valence-electron chi connectivity index (χ4n) is 8.49. The number of aryl methyl sites for hydroxylation is 3. The third-order valence-corrected chi connectivity index (χ3v) is 11.4. The summed E-state index contributed by atoms with van der Waals surface area (Å²) >= 11 is 0. The van der Waals surface area contributed by atoms with Crippen LogP contribution >= 0.6 is 0 Å². The topological polar surface area (TPSA) is 50.9 Å². The molecule has 7 aromatic carbocycles. The van der Waals surface area contributed by atoms with Crippen molar-refractivity contribution in [1.29, 1.82) is 0 Å². The number of rotatable bonds is 9. The molecule has 2 heterocycles. The monoisotopic (exact) mass is 992 g/mol. The second-order valence-electron chi connectivity index (χ2n) is 16.2. The maximum Gasteiger partial charge on any atom is 0.148 e. The predicted molar refractivity (Wildman–Crippen MR) is 254 cm³/mol. The van der Waals surface area contributed by atoms with Gasteiger partial charge in [0, 0.05) is 39.8 Å². The van der Waals surface area contributed by atoms with Crippen molar-refractivity contribution in [3.63, 3.8) is 0 Å². The number of pyridine rings is 1. The van der Waals surface area contributed by atoms with Crippen molar-refractivity contribution in [2.24, 2.45) is 0 Å². The second-order valence-corrected chi connectivity index (χ2v) is 16.2. The normalized spacial score (nSPS) is 13.1. The average molecular weight is 993 g/mol. The van der Waals surface area contributed by atoms with Gasteiger partial charge < -0.3 is 5.11 Å². The molecule has 0 atom stereocenters. The van der Waals surface area contributed by atoms with E-state index in [4.69, 9.17) is 16.8 Å². The number of phenolic OH excluding ortho intramolecular Hbond substituents is 1. The Morgan fingerprint density at radius 1 is 0.613 bits per heavy atom. The van der Waals surface area contributed by atoms with Gasteiger partial charge in [-0.3, -0.25) is 9.55 Å². The number of fused-ring (bicyclic) bond motifs is 1. The number of imidazole rings is 1. The Morgan fingerprint density at radius 3 is 1.95 bits per heavy atom. The SMILES string of the molecule is [2H]C([2H])([2H])c1cc(-c2c(C([2H])(C)C)cccc2C([2H])(C)C)ccc1-n1c(-c2cc(C)cc(C)c2O)nc2c(-c3[c-]c(-c4cc(-c5ccccc5)ccn4)cc(-c4ccccc4)c3)cccc21.[Pt]. The van der Waals surface area contributed by atoms with Crippen LogP contribution in [0.2, 0.25) is 0 Å². The summed E-state index contributed by atoms with van der Waals surface area (Å²) in [7, 11) is 0. The van der Waals surface area contributed by atoms with Crippen LogP contribution in [-0.2, 0) is 21.1 Å². The second kappa shape index (κ2) is 17.6. The molecule has 62 heavy (non-hydrogen) atoms. The molecule has 0 spiro atoms. The molecule has 2 aromatic heterocycles. The van der Waals surface area contributed by atoms with E-state index in [0.717, 1.165) is 50.2 Å². The summed E-state index contributed by atoms with van der Waals surface area (Å²) in [6, 6.07) is 53.0. The molecule has 0 aliphatic carbocycles. The van der Waals surface area contributed by atoms with E-state index in [-0.39, 0.29) is 32.4 Å². The Balaban J connectivity index is 0.00000608. The van der Waals surface area contributed by atoms with Crippen LogP contribution in [0.1, 0.15) is 74.2 Å². The van der Waals surface area contributed by atoms with Crippen LogP contribution in [-0.4, -0.2) is 19.6 Å². The number of aromatic hydroxyl groups is 1. The standard InChI is InChI=1S/C57H50N3O.Pt/c1-35(2)47-20-14-21-48(36(3)4)54(47)43-24-25-52(38(6)30-43)60-53-23-15-22-49(55(53)59-57(60)50-29-37(5)28-39(7)56(50)61)45-31-44(41-18-12-9-13-19-41)32-46(33-45)51-34-42(26-27-58-51)40-16-10-8-11-17-40;/h8-32,34-36,61H,1-7H3;/q-1;/i6D3,35D,36D;. The zero-order valence-corrected chi connectivity index (χ0v) is 37.9. The van der Waals surface area contributed by atoms with Gasteiger partial charge >= 0.3 is 0 Å². The van der Waals surface area contributed by atoms with E-state index in [2.05, 4.69) is 48.5 Å². The van der Waals surface area contributed by atoms with Crippen molar-refractivity contribution in [3.05, 3.63) is 192 Å². The molecule has 4 nitrogen and oxygen atoms in total. The number of hydrogen-bond acceptors (Lipinski definition) is 3. The summed E-state index contributed by atoms with van der Waals surface area (Å²) in [5, 5.41) is 11.8. The van der Waals surface area contributed by atoms with Crippen LogP contribution in [0.15, 0.2) is 158 Å². The molecule has 0 saturated heterocycles. The summed E-state index contributed by atoms with van der Waals surface area (Å²) in [5.74, 6) is -1.67. The van der Waals surface area contributed by atoms with Gasteiger partial charge in [0.05, 0.1) is 22.3 Å². The Morgan fingerprint density at radius 2 is 1.27 bits per heavy atom. The van der Waals surface area contributed by atoms with Crippen LogP contribution in [0.25, 0.3) is 83.9 Å². The molecule has 0 aliphatic heterocycles. The molecule has 0 unspecified atom stereocenters. The first kappa shape index (κ1) is 36.3. The minimum atomic E-state index is -2.61. The van der Waals surface area contributed by atoms with Gasteiger partial charge in [-0.05, 0) is 118 Å². The molecule has 0 saturated carbocycles. The van der Waals surface area contributed by atoms with E-state index < -0.39 is 18.6 Å². The molecule has 310 valence electrons. The first-order valence-corrected chi connectivity index (χ1v) is 20.6. The predicted octanol–water partition coefficient (Wildman–Crippen LogP) is 15.1. The third kappa shape index (κ3) is 7.96. The van der Waals surface area contributed by atoms with E-state index in [0.29, 0.717) is 55.9 Å². The quantitative estimate of drug-likeness (QED) is 0.147. The molecule has 0 bridgehead atoms. The number of aromatic nitrogens is 3. The maximum absolute atomic E-state index is 11.8. The van der Waals surface area contributed by atoms with Gasteiger partial charge in [-0.2, -0.15) is 0 Å². The number of benzene rings is 7. The molecule has 0 radical (unpaired) electrons. The maximum atomic E-state index is 11.8. The summed E-state index contributed by atoms with van der Waals surface area (Å²) in [6.45, 7) is 8.40. The minimum Gasteiger partial charge on any atom is -0.507 e. The Kier molecular flexibility index (Phi) is 10.3. The first-order chi connectivity index (χ1) is 31.4. The van der Waals surface area contributed by atoms with E-state index in [1.54, 1.807) is 39.8 Å². The van der Waals surface area contributed by atoms with Crippen LogP contribution in [0.4, 0.5) is 0 Å². The number of nitrogens with zero attached hydrogens (tertiary/aromatic N) is 3. The fourth-order valence-corrected chi connectivity index (χ4v) is 8.49. The van der Waals surface area contributed by atoms with Gasteiger partial charge in [-0.15, -0.1) is 23.8 Å². The molecule has 1 N–H and O–H groups in total. The third-order valence-electron chi connectivity index (χ3n) is 11.4. The van der Waals surface area contributed by atoms with Gasteiger partial charge in [0.1, 0.15) is 11.6 Å². The fraction of sp³-hybridized carbons (Fsp3) is 0.158. The minimum absolute atomic E-state index is 0. The van der Waals surface area contributed by atoms with E-state index in [1.807, 2.05) is 122 Å². The molecule has 9 aromatic rings. The van der Waals surface area contributed by atoms with E-state index in [9.17, 15) is 5.11 Å². The Bertz CT molecular complexity index is 3260. The van der Waals surface area contributed by atoms with Crippen LogP contribution in [0.5, 0.6) is 5.75 Å². The molecular formula is C57H50N3OPt-. The van der Waals surface area contributed by atoms with Crippen molar-refractivity contribution >= 4 is 11.0 Å². The summed E-state index contributed by atoms with van der Waals surface area (Å²) in [4.78, 5) is 10.2. The molecular weight excluding hydrogens is 938 g/mol. The summed E-state index contributed by atoms with van der Waals surface area (Å²) < 4.78 is 47.2. The molecule has 5 heteroatoms. The van der Waals surface area contributed by atoms with Gasteiger partial charge in [0.2, 0.25) is 0 Å². The van der Waals surface area contributed by atoms with Crippen molar-refractivity contribution in [2.75, 3.05) is 0 Å². The smallest absolute Gasteiger partial charge is 0.148 e. The van der Waals surface area contributed by atoms with Crippen molar-refractivity contribution in [1.82, 2.24) is 14.5 Å². The summed E-state index contributed by atoms with van der Waals surface area (Å²) in [5.41, 5.74) is 13.5. The van der Waals surface area contributed by atoms with Gasteiger partial charge in [-0.1, -0.05) is 154 Å². The Labute approximate surface area is 387 Å². The zero-order chi connectivity index (χ0) is 46.7. The average Bonchev–Trinajstić information content (AvgIpc) is 3.69. The Hall–Kier alpha value is -6.35. The molecule has 0 fully saturated rings. The molecule has 9 rings (SSSR count). The molecule has 0 amide bonds. The van der Waals surface area contributed by atoms with Crippen LogP contribution in [0.3, 0.4) is 0 Å². The summed E-state index contributed by atoms with van der Waals surface area (Å²) in [6.07, 6.45) is 1.82. The number of hydrogen-bond donors (Lipinski definition) is 1. The molecule has 0 aliphatic rings. The van der Waals surface area contributed by atoms with Crippen molar-refractivity contribution in [3.8, 4) is 78.6 Å². The van der Waals surface area contributed by atoms with E-state index >= 15 is 0 Å². The van der Waals surface area contributed by atoms with Gasteiger partial charge in [0.25, 0.3) is 0 Å².